The van der Waals surface area contributed by atoms with Gasteiger partial charge in [-0.1, -0.05) is 6.07 Å². The molecule has 1 atom stereocenters. The molecule has 1 unspecified atom stereocenters. The zero-order valence-electron chi connectivity index (χ0n) is 8.84. The van der Waals surface area contributed by atoms with Crippen LogP contribution in [0, 0.1) is 6.92 Å². The number of H-pyrrole nitrogens is 1. The van der Waals surface area contributed by atoms with Crippen molar-refractivity contribution in [2.45, 2.75) is 13.0 Å². The molecule has 0 spiro atoms. The number of isocyanates is 1. The van der Waals surface area contributed by atoms with Crippen LogP contribution in [0.3, 0.4) is 0 Å². The second-order valence-electron chi connectivity index (χ2n) is 3.47. The van der Waals surface area contributed by atoms with Gasteiger partial charge in [0.2, 0.25) is 6.08 Å². The summed E-state index contributed by atoms with van der Waals surface area (Å²) in [6.45, 7) is 1.95. The highest BCUT2D eigenvalue weighted by molar-refractivity contribution is 5.37. The van der Waals surface area contributed by atoms with Gasteiger partial charge in [-0.15, -0.1) is 0 Å². The maximum absolute atomic E-state index is 10.4. The van der Waals surface area contributed by atoms with Gasteiger partial charge in [0.05, 0.1) is 5.69 Å². The molecule has 2 aromatic heterocycles. The molecule has 4 nitrogen and oxygen atoms in total. The first-order valence-corrected chi connectivity index (χ1v) is 4.94. The van der Waals surface area contributed by atoms with Crippen LogP contribution in [0.1, 0.15) is 23.1 Å². The number of carbonyl (C=O) groups excluding carboxylic acids is 1. The number of rotatable bonds is 3. The lowest BCUT2D eigenvalue weighted by atomic mass is 10.1. The number of aliphatic imine (C=N–C) groups is 1. The Balaban J connectivity index is 2.42. The van der Waals surface area contributed by atoms with Gasteiger partial charge >= 0.3 is 0 Å². The summed E-state index contributed by atoms with van der Waals surface area (Å²) >= 11 is 0. The van der Waals surface area contributed by atoms with E-state index in [4.69, 9.17) is 0 Å². The number of aromatic amines is 1. The van der Waals surface area contributed by atoms with Gasteiger partial charge in [0.15, 0.2) is 0 Å². The molecule has 0 saturated carbocycles. The van der Waals surface area contributed by atoms with Crippen LogP contribution in [-0.4, -0.2) is 16.0 Å². The number of nitrogens with one attached hydrogen (secondary N) is 1. The lowest BCUT2D eigenvalue weighted by molar-refractivity contribution is 0.560. The second kappa shape index (κ2) is 4.55. The smallest absolute Gasteiger partial charge is 0.236 e. The molecular formula is C12H11N3O. The largest absolute Gasteiger partial charge is 0.360 e. The predicted octanol–water partition coefficient (Wildman–Crippen LogP) is 2.14. The molecular weight excluding hydrogens is 202 g/mol. The highest BCUT2D eigenvalue weighted by Gasteiger charge is 2.15. The molecule has 1 N–H and O–H groups in total. The van der Waals surface area contributed by atoms with Crippen LogP contribution in [0.4, 0.5) is 0 Å². The molecule has 80 valence electrons. The average molecular weight is 213 g/mol. The number of pyridine rings is 1. The van der Waals surface area contributed by atoms with Crippen LogP contribution in [0.15, 0.2) is 41.5 Å². The standard InChI is InChI=1S/C12H11N3O/c1-9-5-6-11(15-9)12(14-8-16)10-4-2-3-7-13-10/h2-7,12,15H,1H3. The lowest BCUT2D eigenvalue weighted by Gasteiger charge is -2.07. The molecule has 0 aliphatic rings. The monoisotopic (exact) mass is 213 g/mol. The van der Waals surface area contributed by atoms with Crippen LogP contribution >= 0.6 is 0 Å². The Morgan fingerprint density at radius 1 is 1.38 bits per heavy atom. The number of aryl methyl sites for hydroxylation is 1. The van der Waals surface area contributed by atoms with E-state index in [0.29, 0.717) is 0 Å². The summed E-state index contributed by atoms with van der Waals surface area (Å²) in [5.41, 5.74) is 2.60. The lowest BCUT2D eigenvalue weighted by Crippen LogP contribution is -2.00. The molecule has 4 heteroatoms. The minimum Gasteiger partial charge on any atom is -0.360 e. The van der Waals surface area contributed by atoms with Crippen molar-refractivity contribution in [3.63, 3.8) is 0 Å². The average Bonchev–Trinajstić information content (AvgIpc) is 2.74. The van der Waals surface area contributed by atoms with Gasteiger partial charge in [-0.3, -0.25) is 4.98 Å². The van der Waals surface area contributed by atoms with E-state index in [0.717, 1.165) is 17.1 Å². The van der Waals surface area contributed by atoms with Crippen LogP contribution in [0.5, 0.6) is 0 Å². The first-order valence-electron chi connectivity index (χ1n) is 4.94. The molecule has 0 amide bonds. The van der Waals surface area contributed by atoms with Crippen molar-refractivity contribution >= 4 is 6.08 Å². The molecule has 2 heterocycles. The molecule has 2 aromatic rings. The Morgan fingerprint density at radius 2 is 2.25 bits per heavy atom. The van der Waals surface area contributed by atoms with Gasteiger partial charge in [0.1, 0.15) is 6.04 Å². The van der Waals surface area contributed by atoms with Gasteiger partial charge < -0.3 is 4.98 Å². The van der Waals surface area contributed by atoms with Crippen LogP contribution in [-0.2, 0) is 4.79 Å². The maximum Gasteiger partial charge on any atom is 0.236 e. The summed E-state index contributed by atoms with van der Waals surface area (Å²) < 4.78 is 0. The van der Waals surface area contributed by atoms with E-state index in [1.165, 1.54) is 0 Å². The van der Waals surface area contributed by atoms with E-state index >= 15 is 0 Å². The van der Waals surface area contributed by atoms with E-state index in [1.807, 2.05) is 37.3 Å². The molecule has 16 heavy (non-hydrogen) atoms. The fourth-order valence-electron chi connectivity index (χ4n) is 1.57. The van der Waals surface area contributed by atoms with Gasteiger partial charge in [-0.25, -0.2) is 4.79 Å². The van der Waals surface area contributed by atoms with Gasteiger partial charge in [-0.05, 0) is 31.2 Å². The Hall–Kier alpha value is -2.19. The Morgan fingerprint density at radius 3 is 2.81 bits per heavy atom. The molecule has 0 saturated heterocycles. The molecule has 0 aliphatic carbocycles. The highest BCUT2D eigenvalue weighted by atomic mass is 16.1. The zero-order valence-corrected chi connectivity index (χ0v) is 8.84. The Bertz CT molecular complexity index is 512. The van der Waals surface area contributed by atoms with Crippen molar-refractivity contribution in [2.75, 3.05) is 0 Å². The summed E-state index contributed by atoms with van der Waals surface area (Å²) in [4.78, 5) is 21.6. The molecule has 0 aromatic carbocycles. The fraction of sp³-hybridized carbons (Fsp3) is 0.167. The number of hydrogen-bond donors (Lipinski definition) is 1. The van der Waals surface area contributed by atoms with Crippen molar-refractivity contribution in [1.29, 1.82) is 0 Å². The van der Waals surface area contributed by atoms with Crippen LogP contribution < -0.4 is 0 Å². The van der Waals surface area contributed by atoms with E-state index in [1.54, 1.807) is 12.3 Å². The van der Waals surface area contributed by atoms with E-state index in [9.17, 15) is 4.79 Å². The topological polar surface area (TPSA) is 58.1 Å². The molecule has 0 bridgehead atoms. The third kappa shape index (κ3) is 2.07. The summed E-state index contributed by atoms with van der Waals surface area (Å²) in [5.74, 6) is 0. The first kappa shape index (κ1) is 10.3. The normalized spacial score (nSPS) is 11.8. The third-order valence-electron chi connectivity index (χ3n) is 2.30. The van der Waals surface area contributed by atoms with Crippen molar-refractivity contribution in [3.8, 4) is 0 Å². The van der Waals surface area contributed by atoms with Crippen molar-refractivity contribution in [2.24, 2.45) is 4.99 Å². The first-order chi connectivity index (χ1) is 7.81. The predicted molar refractivity (Wildman–Crippen MR) is 59.7 cm³/mol. The zero-order chi connectivity index (χ0) is 11.4. The second-order valence-corrected chi connectivity index (χ2v) is 3.47. The minimum absolute atomic E-state index is 0.396. The highest BCUT2D eigenvalue weighted by Crippen LogP contribution is 2.22. The molecule has 2 rings (SSSR count). The molecule has 0 radical (unpaired) electrons. The van der Waals surface area contributed by atoms with E-state index in [-0.39, 0.29) is 0 Å². The van der Waals surface area contributed by atoms with Crippen molar-refractivity contribution in [3.05, 3.63) is 53.6 Å². The third-order valence-corrected chi connectivity index (χ3v) is 2.30. The van der Waals surface area contributed by atoms with Gasteiger partial charge in [0, 0.05) is 17.6 Å². The van der Waals surface area contributed by atoms with Gasteiger partial charge in [0.25, 0.3) is 0 Å². The minimum atomic E-state index is -0.396. The summed E-state index contributed by atoms with van der Waals surface area (Å²) in [7, 11) is 0. The molecule has 0 fully saturated rings. The van der Waals surface area contributed by atoms with Crippen molar-refractivity contribution < 1.29 is 4.79 Å². The quantitative estimate of drug-likeness (QED) is 0.627. The Labute approximate surface area is 93.1 Å². The van der Waals surface area contributed by atoms with E-state index < -0.39 is 6.04 Å². The van der Waals surface area contributed by atoms with Crippen LogP contribution in [0.2, 0.25) is 0 Å². The summed E-state index contributed by atoms with van der Waals surface area (Å²) in [6.07, 6.45) is 3.27. The SMILES string of the molecule is Cc1ccc(C(N=C=O)c2ccccn2)[nH]1. The number of aromatic nitrogens is 2. The summed E-state index contributed by atoms with van der Waals surface area (Å²) in [6, 6.07) is 8.96. The number of hydrogen-bond acceptors (Lipinski definition) is 3. The fourth-order valence-corrected chi connectivity index (χ4v) is 1.57. The Kier molecular flexibility index (Phi) is 2.94. The van der Waals surface area contributed by atoms with E-state index in [2.05, 4.69) is 15.0 Å². The van der Waals surface area contributed by atoms with Crippen molar-refractivity contribution in [1.82, 2.24) is 9.97 Å². The summed E-state index contributed by atoms with van der Waals surface area (Å²) in [5, 5.41) is 0. The van der Waals surface area contributed by atoms with Gasteiger partial charge in [-0.2, -0.15) is 4.99 Å². The maximum atomic E-state index is 10.4. The molecule has 0 aliphatic heterocycles. The number of nitrogens with zero attached hydrogens (tertiary/aromatic N) is 2. The van der Waals surface area contributed by atoms with Crippen LogP contribution in [0.25, 0.3) is 0 Å².